The van der Waals surface area contributed by atoms with E-state index < -0.39 is 0 Å². The maximum Gasteiger partial charge on any atom is 0.278 e. The molecule has 0 saturated carbocycles. The smallest absolute Gasteiger partial charge is 0.278 e. The second-order valence-electron chi connectivity index (χ2n) is 4.40. The lowest BCUT2D eigenvalue weighted by molar-refractivity contribution is 0.451. The van der Waals surface area contributed by atoms with Gasteiger partial charge in [0.25, 0.3) is 5.56 Å². The summed E-state index contributed by atoms with van der Waals surface area (Å²) in [4.78, 5) is 11.7. The maximum atomic E-state index is 11.7. The van der Waals surface area contributed by atoms with E-state index in [1.807, 2.05) is 22.9 Å². The first-order chi connectivity index (χ1) is 8.27. The average Bonchev–Trinajstić information content (AvgIpc) is 2.66. The molecule has 0 amide bonds. The van der Waals surface area contributed by atoms with Crippen molar-refractivity contribution in [2.24, 2.45) is 0 Å². The highest BCUT2D eigenvalue weighted by Gasteiger charge is 2.26. The van der Waals surface area contributed by atoms with Gasteiger partial charge < -0.3 is 0 Å². The van der Waals surface area contributed by atoms with Crippen molar-refractivity contribution in [3.63, 3.8) is 0 Å². The molecule has 1 aliphatic heterocycles. The van der Waals surface area contributed by atoms with Crippen LogP contribution in [-0.2, 0) is 6.54 Å². The largest absolute Gasteiger partial charge is 0.287 e. The second kappa shape index (κ2) is 4.18. The number of nitrogens with zero attached hydrogens (tertiary/aromatic N) is 1. The number of rotatable bonds is 1. The van der Waals surface area contributed by atoms with Gasteiger partial charge in [-0.15, -0.1) is 0 Å². The molecule has 3 nitrogen and oxygen atoms in total. The first kappa shape index (κ1) is 10.8. The van der Waals surface area contributed by atoms with Gasteiger partial charge in [0.15, 0.2) is 0 Å². The van der Waals surface area contributed by atoms with E-state index in [4.69, 9.17) is 0 Å². The van der Waals surface area contributed by atoms with Gasteiger partial charge in [0.1, 0.15) is 4.47 Å². The molecular weight excluding hydrogens is 280 g/mol. The molecule has 17 heavy (non-hydrogen) atoms. The number of aromatic nitrogens is 2. The number of halogens is 1. The van der Waals surface area contributed by atoms with Crippen molar-refractivity contribution in [3.8, 4) is 0 Å². The first-order valence-corrected chi connectivity index (χ1v) is 6.60. The number of hydrogen-bond donors (Lipinski definition) is 1. The molecule has 0 bridgehead atoms. The zero-order valence-electron chi connectivity index (χ0n) is 9.32. The summed E-state index contributed by atoms with van der Waals surface area (Å²) in [6, 6.07) is 10.4. The van der Waals surface area contributed by atoms with E-state index >= 15 is 0 Å². The molecule has 1 N–H and O–H groups in total. The zero-order valence-corrected chi connectivity index (χ0v) is 10.9. The molecule has 0 spiro atoms. The van der Waals surface area contributed by atoms with Gasteiger partial charge in [-0.3, -0.25) is 14.6 Å². The molecule has 1 aliphatic rings. The molecule has 0 radical (unpaired) electrons. The average molecular weight is 293 g/mol. The Morgan fingerprint density at radius 1 is 1.29 bits per heavy atom. The van der Waals surface area contributed by atoms with E-state index in [1.54, 1.807) is 0 Å². The highest BCUT2D eigenvalue weighted by molar-refractivity contribution is 9.10. The minimum absolute atomic E-state index is 0.0252. The quantitative estimate of drug-likeness (QED) is 0.862. The molecular formula is C13H13BrN2O. The van der Waals surface area contributed by atoms with Gasteiger partial charge >= 0.3 is 0 Å². The van der Waals surface area contributed by atoms with Crippen LogP contribution in [0.2, 0.25) is 0 Å². The van der Waals surface area contributed by atoms with E-state index in [0.29, 0.717) is 10.4 Å². The van der Waals surface area contributed by atoms with E-state index in [-0.39, 0.29) is 5.56 Å². The molecule has 0 aliphatic carbocycles. The first-order valence-electron chi connectivity index (χ1n) is 5.80. The van der Waals surface area contributed by atoms with Crippen LogP contribution in [0.25, 0.3) is 0 Å². The molecule has 1 aromatic carbocycles. The second-order valence-corrected chi connectivity index (χ2v) is 5.19. The summed E-state index contributed by atoms with van der Waals surface area (Å²) >= 11 is 3.41. The lowest BCUT2D eigenvalue weighted by Gasteiger charge is -2.24. The van der Waals surface area contributed by atoms with E-state index in [1.165, 1.54) is 5.56 Å². The number of benzene rings is 1. The molecule has 0 fully saturated rings. The third-order valence-electron chi connectivity index (χ3n) is 3.36. The van der Waals surface area contributed by atoms with E-state index in [0.717, 1.165) is 25.1 Å². The Labute approximate surface area is 108 Å². The monoisotopic (exact) mass is 292 g/mol. The van der Waals surface area contributed by atoms with Gasteiger partial charge in [-0.05, 0) is 34.3 Å². The van der Waals surface area contributed by atoms with Crippen molar-refractivity contribution >= 4 is 15.9 Å². The van der Waals surface area contributed by atoms with Gasteiger partial charge in [-0.25, -0.2) is 0 Å². The predicted molar refractivity (Wildman–Crippen MR) is 70.3 cm³/mol. The minimum Gasteiger partial charge on any atom is -0.287 e. The third-order valence-corrected chi connectivity index (χ3v) is 4.12. The minimum atomic E-state index is -0.0252. The highest BCUT2D eigenvalue weighted by Crippen LogP contribution is 2.35. The summed E-state index contributed by atoms with van der Waals surface area (Å²) in [6.45, 7) is 0.902. The van der Waals surface area contributed by atoms with Crippen LogP contribution in [0.1, 0.15) is 30.0 Å². The number of aromatic amines is 1. The van der Waals surface area contributed by atoms with Crippen molar-refractivity contribution in [2.45, 2.75) is 25.3 Å². The summed E-state index contributed by atoms with van der Waals surface area (Å²) in [5.41, 5.74) is 2.34. The summed E-state index contributed by atoms with van der Waals surface area (Å²) in [6.07, 6.45) is 2.20. The molecule has 2 heterocycles. The van der Waals surface area contributed by atoms with Crippen LogP contribution < -0.4 is 5.56 Å². The fourth-order valence-electron chi connectivity index (χ4n) is 2.58. The number of fused-ring (bicyclic) bond motifs is 1. The number of hydrogen-bond acceptors (Lipinski definition) is 1. The van der Waals surface area contributed by atoms with Crippen molar-refractivity contribution in [1.29, 1.82) is 0 Å². The third kappa shape index (κ3) is 1.76. The Kier molecular flexibility index (Phi) is 2.67. The van der Waals surface area contributed by atoms with Crippen molar-refractivity contribution in [2.75, 3.05) is 0 Å². The van der Waals surface area contributed by atoms with Crippen molar-refractivity contribution in [1.82, 2.24) is 9.78 Å². The molecule has 1 aromatic heterocycles. The Morgan fingerprint density at radius 2 is 2.06 bits per heavy atom. The van der Waals surface area contributed by atoms with Crippen LogP contribution in [0.5, 0.6) is 0 Å². The summed E-state index contributed by atoms with van der Waals surface area (Å²) < 4.78 is 2.67. The normalized spacial score (nSPS) is 19.0. The lowest BCUT2D eigenvalue weighted by Crippen LogP contribution is -2.17. The number of aryl methyl sites for hydroxylation is 1. The van der Waals surface area contributed by atoms with Gasteiger partial charge in [0, 0.05) is 12.5 Å². The molecule has 0 saturated heterocycles. The molecule has 1 unspecified atom stereocenters. The van der Waals surface area contributed by atoms with Gasteiger partial charge in [0.05, 0.1) is 5.69 Å². The number of nitrogens with one attached hydrogen (secondary N) is 1. The van der Waals surface area contributed by atoms with Crippen molar-refractivity contribution < 1.29 is 0 Å². The van der Waals surface area contributed by atoms with Gasteiger partial charge in [-0.2, -0.15) is 0 Å². The fraction of sp³-hybridized carbons (Fsp3) is 0.308. The Balaban J connectivity index is 2.14. The van der Waals surface area contributed by atoms with Crippen molar-refractivity contribution in [3.05, 3.63) is 56.4 Å². The topological polar surface area (TPSA) is 37.8 Å². The van der Waals surface area contributed by atoms with Gasteiger partial charge in [-0.1, -0.05) is 30.3 Å². The van der Waals surface area contributed by atoms with Crippen LogP contribution in [0.15, 0.2) is 39.6 Å². The number of H-pyrrole nitrogens is 1. The lowest BCUT2D eigenvalue weighted by atomic mass is 9.89. The SMILES string of the molecule is O=c1[nH]n2c(c1Br)C(c1ccccc1)CCC2. The summed E-state index contributed by atoms with van der Waals surface area (Å²) in [5.74, 6) is 0.318. The zero-order chi connectivity index (χ0) is 11.8. The Bertz CT molecular complexity index is 585. The van der Waals surface area contributed by atoms with Gasteiger partial charge in [0.2, 0.25) is 0 Å². The summed E-state index contributed by atoms with van der Waals surface area (Å²) in [5, 5.41) is 2.88. The Hall–Kier alpha value is -1.29. The predicted octanol–water partition coefficient (Wildman–Crippen LogP) is 2.86. The molecule has 3 rings (SSSR count). The molecule has 2 aromatic rings. The molecule has 1 atom stereocenters. The molecule has 4 heteroatoms. The van der Waals surface area contributed by atoms with E-state index in [2.05, 4.69) is 33.2 Å². The highest BCUT2D eigenvalue weighted by atomic mass is 79.9. The maximum absolute atomic E-state index is 11.7. The standard InChI is InChI=1S/C13H13BrN2O/c14-11-12-10(9-5-2-1-3-6-9)7-4-8-16(12)15-13(11)17/h1-3,5-6,10H,4,7-8H2,(H,15,17). The fourth-order valence-corrected chi connectivity index (χ4v) is 3.16. The van der Waals surface area contributed by atoms with Crippen LogP contribution in [0, 0.1) is 0 Å². The van der Waals surface area contributed by atoms with E-state index in [9.17, 15) is 4.79 Å². The molecule has 88 valence electrons. The van der Waals surface area contributed by atoms with Crippen LogP contribution in [0.4, 0.5) is 0 Å². The Morgan fingerprint density at radius 3 is 2.82 bits per heavy atom. The summed E-state index contributed by atoms with van der Waals surface area (Å²) in [7, 11) is 0. The van der Waals surface area contributed by atoms with Crippen LogP contribution >= 0.6 is 15.9 Å². The van der Waals surface area contributed by atoms with Crippen LogP contribution in [0.3, 0.4) is 0 Å². The van der Waals surface area contributed by atoms with Crippen LogP contribution in [-0.4, -0.2) is 9.78 Å².